The van der Waals surface area contributed by atoms with Gasteiger partial charge >= 0.3 is 0 Å². The molecule has 1 fully saturated rings. The van der Waals surface area contributed by atoms with Gasteiger partial charge in [-0.05, 0) is 38.5 Å². The number of nitrogens with zero attached hydrogens (tertiary/aromatic N) is 4. The van der Waals surface area contributed by atoms with Crippen LogP contribution in [0.4, 0.5) is 17.8 Å². The maximum Gasteiger partial charge on any atom is 0.231 e. The number of rotatable bonds is 9. The molecule has 0 aliphatic heterocycles. The van der Waals surface area contributed by atoms with Crippen LogP contribution in [0.5, 0.6) is 0 Å². The van der Waals surface area contributed by atoms with Crippen LogP contribution in [0.1, 0.15) is 46.5 Å². The third-order valence-electron chi connectivity index (χ3n) is 4.25. The molecule has 6 nitrogen and oxygen atoms in total. The Morgan fingerprint density at radius 1 is 1.05 bits per heavy atom. The highest BCUT2D eigenvalue weighted by Gasteiger charge is 2.41. The molecule has 6 heteroatoms. The van der Waals surface area contributed by atoms with Crippen molar-refractivity contribution in [3.8, 4) is 0 Å². The van der Waals surface area contributed by atoms with Crippen molar-refractivity contribution < 1.29 is 0 Å². The molecule has 21 heavy (non-hydrogen) atoms. The summed E-state index contributed by atoms with van der Waals surface area (Å²) in [4.78, 5) is 15.6. The van der Waals surface area contributed by atoms with Crippen molar-refractivity contribution in [2.75, 3.05) is 42.2 Å². The molecule has 0 aromatic carbocycles. The molecule has 0 atom stereocenters. The molecule has 0 spiro atoms. The minimum Gasteiger partial charge on any atom is -0.357 e. The van der Waals surface area contributed by atoms with E-state index in [0.29, 0.717) is 17.3 Å². The monoisotopic (exact) mass is 292 g/mol. The zero-order valence-corrected chi connectivity index (χ0v) is 13.7. The first kappa shape index (κ1) is 15.8. The second-order valence-corrected chi connectivity index (χ2v) is 5.81. The van der Waals surface area contributed by atoms with Crippen molar-refractivity contribution in [1.29, 1.82) is 0 Å². The Bertz CT molecular complexity index is 453. The highest BCUT2D eigenvalue weighted by molar-refractivity contribution is 5.43. The highest BCUT2D eigenvalue weighted by atomic mass is 15.3. The lowest BCUT2D eigenvalue weighted by molar-refractivity contribution is 0.484. The summed E-state index contributed by atoms with van der Waals surface area (Å²) < 4.78 is 0. The summed E-state index contributed by atoms with van der Waals surface area (Å²) in [5.41, 5.74) is 0.483. The Kier molecular flexibility index (Phi) is 5.20. The fourth-order valence-corrected chi connectivity index (χ4v) is 2.69. The fraction of sp³-hybridized carbons (Fsp3) is 0.800. The minimum absolute atomic E-state index is 0.483. The summed E-state index contributed by atoms with van der Waals surface area (Å²) in [5.74, 6) is 2.04. The van der Waals surface area contributed by atoms with E-state index in [1.165, 1.54) is 25.7 Å². The Morgan fingerprint density at radius 3 is 2.24 bits per heavy atom. The molecule has 0 unspecified atom stereocenters. The van der Waals surface area contributed by atoms with Crippen LogP contribution < -0.4 is 15.5 Å². The predicted octanol–water partition coefficient (Wildman–Crippen LogP) is 2.75. The first-order chi connectivity index (χ1) is 10.2. The van der Waals surface area contributed by atoms with Gasteiger partial charge < -0.3 is 15.5 Å². The van der Waals surface area contributed by atoms with Crippen LogP contribution in [0.2, 0.25) is 0 Å². The van der Waals surface area contributed by atoms with Crippen LogP contribution >= 0.6 is 0 Å². The van der Waals surface area contributed by atoms with Gasteiger partial charge in [-0.15, -0.1) is 0 Å². The van der Waals surface area contributed by atoms with Gasteiger partial charge in [0.15, 0.2) is 0 Å². The topological polar surface area (TPSA) is 66.0 Å². The Balaban J connectivity index is 2.09. The average Bonchev–Trinajstić information content (AvgIpc) is 3.27. The van der Waals surface area contributed by atoms with Gasteiger partial charge in [-0.25, -0.2) is 0 Å². The van der Waals surface area contributed by atoms with E-state index < -0.39 is 0 Å². The van der Waals surface area contributed by atoms with Crippen molar-refractivity contribution in [3.63, 3.8) is 0 Å². The molecule has 0 radical (unpaired) electrons. The maximum absolute atomic E-state index is 4.57. The van der Waals surface area contributed by atoms with E-state index >= 15 is 0 Å². The summed E-state index contributed by atoms with van der Waals surface area (Å²) in [6.45, 7) is 9.22. The van der Waals surface area contributed by atoms with E-state index in [0.717, 1.165) is 25.6 Å². The molecule has 1 aliphatic carbocycles. The minimum atomic E-state index is 0.483. The SMILES string of the molecule is CCCC1(CNc2nc(NC)nc(N(CC)CC)n2)CC1. The Labute approximate surface area is 127 Å². The quantitative estimate of drug-likeness (QED) is 0.729. The van der Waals surface area contributed by atoms with Crippen LogP contribution in [-0.4, -0.2) is 41.6 Å². The number of hydrogen-bond acceptors (Lipinski definition) is 6. The van der Waals surface area contributed by atoms with Gasteiger partial charge in [0.1, 0.15) is 0 Å². The Morgan fingerprint density at radius 2 is 1.71 bits per heavy atom. The zero-order valence-electron chi connectivity index (χ0n) is 13.7. The van der Waals surface area contributed by atoms with Crippen molar-refractivity contribution in [2.45, 2.75) is 46.5 Å². The molecule has 0 amide bonds. The molecular weight excluding hydrogens is 264 g/mol. The molecule has 0 saturated heterocycles. The molecule has 1 aromatic heterocycles. The van der Waals surface area contributed by atoms with Crippen molar-refractivity contribution in [2.24, 2.45) is 5.41 Å². The normalized spacial score (nSPS) is 15.6. The van der Waals surface area contributed by atoms with E-state index in [1.807, 2.05) is 7.05 Å². The van der Waals surface area contributed by atoms with Gasteiger partial charge in [0.05, 0.1) is 0 Å². The van der Waals surface area contributed by atoms with Crippen LogP contribution in [-0.2, 0) is 0 Å². The molecule has 0 bridgehead atoms. The van der Waals surface area contributed by atoms with Crippen LogP contribution in [0.15, 0.2) is 0 Å². The highest BCUT2D eigenvalue weighted by Crippen LogP contribution is 2.49. The third kappa shape index (κ3) is 3.95. The average molecular weight is 292 g/mol. The molecule has 1 aromatic rings. The molecule has 1 saturated carbocycles. The number of nitrogens with one attached hydrogen (secondary N) is 2. The van der Waals surface area contributed by atoms with Crippen LogP contribution in [0, 0.1) is 5.41 Å². The maximum atomic E-state index is 4.57. The Hall–Kier alpha value is -1.59. The summed E-state index contributed by atoms with van der Waals surface area (Å²) in [7, 11) is 1.84. The van der Waals surface area contributed by atoms with Crippen LogP contribution in [0.3, 0.4) is 0 Å². The third-order valence-corrected chi connectivity index (χ3v) is 4.25. The van der Waals surface area contributed by atoms with E-state index in [9.17, 15) is 0 Å². The largest absolute Gasteiger partial charge is 0.357 e. The van der Waals surface area contributed by atoms with Gasteiger partial charge in [0.2, 0.25) is 17.8 Å². The predicted molar refractivity (Wildman–Crippen MR) is 88.0 cm³/mol. The lowest BCUT2D eigenvalue weighted by Gasteiger charge is -2.20. The lowest BCUT2D eigenvalue weighted by atomic mass is 10.0. The second-order valence-electron chi connectivity index (χ2n) is 5.81. The molecule has 2 rings (SSSR count). The second kappa shape index (κ2) is 6.91. The smallest absolute Gasteiger partial charge is 0.231 e. The van der Waals surface area contributed by atoms with Gasteiger partial charge in [0.25, 0.3) is 0 Å². The molecule has 2 N–H and O–H groups in total. The van der Waals surface area contributed by atoms with E-state index in [1.54, 1.807) is 0 Å². The number of aromatic nitrogens is 3. The lowest BCUT2D eigenvalue weighted by Crippen LogP contribution is -2.26. The van der Waals surface area contributed by atoms with Gasteiger partial charge in [-0.1, -0.05) is 13.3 Å². The molecule has 118 valence electrons. The standard InChI is InChI=1S/C15H28N6/c1-5-8-15(9-10-15)11-17-13-18-12(16-4)19-14(20-13)21(6-2)7-3/h5-11H2,1-4H3,(H2,16,17,18,19,20). The number of anilines is 3. The van der Waals surface area contributed by atoms with Crippen LogP contribution in [0.25, 0.3) is 0 Å². The van der Waals surface area contributed by atoms with Crippen molar-refractivity contribution >= 4 is 17.8 Å². The van der Waals surface area contributed by atoms with E-state index in [4.69, 9.17) is 0 Å². The van der Waals surface area contributed by atoms with E-state index in [2.05, 4.69) is 51.3 Å². The zero-order chi connectivity index (χ0) is 15.3. The van der Waals surface area contributed by atoms with Crippen molar-refractivity contribution in [1.82, 2.24) is 15.0 Å². The summed E-state index contributed by atoms with van der Waals surface area (Å²) in [5, 5.41) is 6.44. The molecule has 1 heterocycles. The number of hydrogen-bond donors (Lipinski definition) is 2. The van der Waals surface area contributed by atoms with Crippen molar-refractivity contribution in [3.05, 3.63) is 0 Å². The van der Waals surface area contributed by atoms with E-state index in [-0.39, 0.29) is 0 Å². The summed E-state index contributed by atoms with van der Waals surface area (Å²) >= 11 is 0. The van der Waals surface area contributed by atoms with Gasteiger partial charge in [-0.2, -0.15) is 15.0 Å². The summed E-state index contributed by atoms with van der Waals surface area (Å²) in [6, 6.07) is 0. The van der Waals surface area contributed by atoms with Gasteiger partial charge in [-0.3, -0.25) is 0 Å². The first-order valence-electron chi connectivity index (χ1n) is 8.09. The molecule has 1 aliphatic rings. The summed E-state index contributed by atoms with van der Waals surface area (Å²) in [6.07, 6.45) is 5.17. The molecular formula is C15H28N6. The van der Waals surface area contributed by atoms with Gasteiger partial charge in [0, 0.05) is 26.7 Å². The first-order valence-corrected chi connectivity index (χ1v) is 8.09. The fourth-order valence-electron chi connectivity index (χ4n) is 2.69.